The van der Waals surface area contributed by atoms with Crippen molar-refractivity contribution in [1.82, 2.24) is 0 Å². The molecule has 5 heteroatoms. The van der Waals surface area contributed by atoms with Crippen LogP contribution in [0.3, 0.4) is 0 Å². The molecular weight excluding hydrogens is 296 g/mol. The van der Waals surface area contributed by atoms with Crippen LogP contribution in [0.15, 0.2) is 34.3 Å². The molecule has 0 aromatic carbocycles. The zero-order valence-electron chi connectivity index (χ0n) is 14.4. The number of carbonyl (C=O) groups is 3. The smallest absolute Gasteiger partial charge is 0.228 e. The van der Waals surface area contributed by atoms with Crippen molar-refractivity contribution in [2.75, 3.05) is 14.2 Å². The largest absolute Gasteiger partial charge is 0.489 e. The number of carbonyl (C=O) groups excluding carboxylic acids is 3. The van der Waals surface area contributed by atoms with E-state index in [2.05, 4.69) is 0 Å². The van der Waals surface area contributed by atoms with Crippen molar-refractivity contribution in [1.29, 1.82) is 0 Å². The van der Waals surface area contributed by atoms with Gasteiger partial charge in [-0.1, -0.05) is 11.6 Å². The summed E-state index contributed by atoms with van der Waals surface area (Å²) in [5.41, 5.74) is 1.91. The van der Waals surface area contributed by atoms with Crippen molar-refractivity contribution in [3.63, 3.8) is 0 Å². The van der Waals surface area contributed by atoms with Crippen LogP contribution in [0, 0.1) is 0 Å². The molecule has 0 unspecified atom stereocenters. The molecule has 5 nitrogen and oxygen atoms in total. The lowest BCUT2D eigenvalue weighted by atomic mass is 9.90. The summed E-state index contributed by atoms with van der Waals surface area (Å²) >= 11 is 0. The topological polar surface area (TPSA) is 69.7 Å². The molecule has 0 fully saturated rings. The first kappa shape index (κ1) is 18.9. The summed E-state index contributed by atoms with van der Waals surface area (Å²) in [4.78, 5) is 35.6. The minimum atomic E-state index is -0.318. The first-order chi connectivity index (χ1) is 10.8. The lowest BCUT2D eigenvalue weighted by molar-refractivity contribution is -0.121. The summed E-state index contributed by atoms with van der Waals surface area (Å²) < 4.78 is 10.0. The second-order valence-corrected chi connectivity index (χ2v) is 5.64. The Bertz CT molecular complexity index is 605. The molecule has 0 N–H and O–H groups in total. The van der Waals surface area contributed by atoms with Gasteiger partial charge >= 0.3 is 0 Å². The van der Waals surface area contributed by atoms with Gasteiger partial charge in [0.15, 0.2) is 0 Å². The fraction of sp³-hybridized carbons (Fsp3) is 0.500. The molecule has 0 saturated heterocycles. The van der Waals surface area contributed by atoms with Crippen LogP contribution in [-0.4, -0.2) is 31.6 Å². The molecule has 1 aliphatic rings. The maximum Gasteiger partial charge on any atom is 0.228 e. The van der Waals surface area contributed by atoms with E-state index in [1.807, 2.05) is 13.0 Å². The SMILES string of the molecule is COC1=C(OC)C(=O)C(C/C=C(\C)CCCC(C)=O)=C(C)C1=O. The predicted octanol–water partition coefficient (Wildman–Crippen LogP) is 3.05. The van der Waals surface area contributed by atoms with Crippen LogP contribution in [-0.2, 0) is 23.9 Å². The van der Waals surface area contributed by atoms with Gasteiger partial charge in [-0.15, -0.1) is 0 Å². The van der Waals surface area contributed by atoms with Crippen LogP contribution in [0.25, 0.3) is 0 Å². The molecule has 0 radical (unpaired) electrons. The molecule has 0 saturated carbocycles. The lowest BCUT2D eigenvalue weighted by Gasteiger charge is -2.19. The predicted molar refractivity (Wildman–Crippen MR) is 86.7 cm³/mol. The number of hydrogen-bond acceptors (Lipinski definition) is 5. The third kappa shape index (κ3) is 4.65. The van der Waals surface area contributed by atoms with Gasteiger partial charge in [0.1, 0.15) is 5.78 Å². The minimum Gasteiger partial charge on any atom is -0.489 e. The molecule has 0 heterocycles. The van der Waals surface area contributed by atoms with Gasteiger partial charge in [-0.05, 0) is 40.0 Å². The normalized spacial score (nSPS) is 16.1. The molecule has 0 aromatic heterocycles. The van der Waals surface area contributed by atoms with Gasteiger partial charge in [-0.3, -0.25) is 9.59 Å². The minimum absolute atomic E-state index is 0.0408. The Kier molecular flexibility index (Phi) is 6.94. The number of allylic oxidation sites excluding steroid dienone is 4. The fourth-order valence-electron chi connectivity index (χ4n) is 2.43. The first-order valence-electron chi connectivity index (χ1n) is 7.59. The quantitative estimate of drug-likeness (QED) is 0.508. The standard InChI is InChI=1S/C18H24O5/c1-11(7-6-8-12(2)19)9-10-14-13(3)15(20)17(22-4)18(23-5)16(14)21/h9H,6-8,10H2,1-5H3/b11-9+. The molecule has 0 aliphatic heterocycles. The van der Waals surface area contributed by atoms with E-state index in [9.17, 15) is 14.4 Å². The highest BCUT2D eigenvalue weighted by atomic mass is 16.5. The molecule has 0 spiro atoms. The van der Waals surface area contributed by atoms with E-state index in [0.717, 1.165) is 18.4 Å². The molecule has 0 aromatic rings. The summed E-state index contributed by atoms with van der Waals surface area (Å²) in [5.74, 6) is -0.538. The lowest BCUT2D eigenvalue weighted by Crippen LogP contribution is -2.24. The molecule has 1 aliphatic carbocycles. The number of ether oxygens (including phenoxy) is 2. The average Bonchev–Trinajstić information content (AvgIpc) is 2.50. The molecule has 0 amide bonds. The van der Waals surface area contributed by atoms with Gasteiger partial charge in [0.25, 0.3) is 0 Å². The Morgan fingerprint density at radius 2 is 1.57 bits per heavy atom. The average molecular weight is 320 g/mol. The number of Topliss-reactive ketones (excluding diaryl/α,β-unsaturated/α-hetero) is 3. The van der Waals surface area contributed by atoms with E-state index < -0.39 is 0 Å². The number of ketones is 3. The molecular formula is C18H24O5. The van der Waals surface area contributed by atoms with E-state index in [1.165, 1.54) is 14.2 Å². The molecule has 0 bridgehead atoms. The van der Waals surface area contributed by atoms with Crippen molar-refractivity contribution < 1.29 is 23.9 Å². The van der Waals surface area contributed by atoms with Gasteiger partial charge in [0, 0.05) is 17.6 Å². The second-order valence-electron chi connectivity index (χ2n) is 5.64. The molecule has 1 rings (SSSR count). The monoisotopic (exact) mass is 320 g/mol. The third-order valence-electron chi connectivity index (χ3n) is 3.85. The summed E-state index contributed by atoms with van der Waals surface area (Å²) in [5, 5.41) is 0. The van der Waals surface area contributed by atoms with E-state index in [-0.39, 0.29) is 28.9 Å². The van der Waals surface area contributed by atoms with E-state index >= 15 is 0 Å². The van der Waals surface area contributed by atoms with Crippen LogP contribution in [0.1, 0.15) is 46.5 Å². The van der Waals surface area contributed by atoms with E-state index in [0.29, 0.717) is 24.0 Å². The maximum atomic E-state index is 12.5. The number of methoxy groups -OCH3 is 2. The number of hydrogen-bond donors (Lipinski definition) is 0. The van der Waals surface area contributed by atoms with E-state index in [4.69, 9.17) is 9.47 Å². The molecule has 23 heavy (non-hydrogen) atoms. The van der Waals surface area contributed by atoms with Gasteiger partial charge < -0.3 is 14.3 Å². The van der Waals surface area contributed by atoms with Crippen LogP contribution in [0.2, 0.25) is 0 Å². The van der Waals surface area contributed by atoms with Crippen LogP contribution in [0.5, 0.6) is 0 Å². The van der Waals surface area contributed by atoms with Crippen LogP contribution < -0.4 is 0 Å². The van der Waals surface area contributed by atoms with Gasteiger partial charge in [-0.2, -0.15) is 0 Å². The highest BCUT2D eigenvalue weighted by Gasteiger charge is 2.33. The zero-order chi connectivity index (χ0) is 17.6. The summed E-state index contributed by atoms with van der Waals surface area (Å²) in [7, 11) is 2.69. The molecule has 0 atom stereocenters. The first-order valence-corrected chi connectivity index (χ1v) is 7.59. The Balaban J connectivity index is 2.87. The second kappa shape index (κ2) is 8.46. The Labute approximate surface area is 137 Å². The van der Waals surface area contributed by atoms with Crippen molar-refractivity contribution in [3.05, 3.63) is 34.3 Å². The summed E-state index contributed by atoms with van der Waals surface area (Å²) in [6.45, 7) is 5.16. The highest BCUT2D eigenvalue weighted by molar-refractivity contribution is 6.23. The Morgan fingerprint density at radius 3 is 2.09 bits per heavy atom. The van der Waals surface area contributed by atoms with Crippen LogP contribution >= 0.6 is 0 Å². The van der Waals surface area contributed by atoms with Gasteiger partial charge in [0.05, 0.1) is 14.2 Å². The van der Waals surface area contributed by atoms with Crippen LogP contribution in [0.4, 0.5) is 0 Å². The van der Waals surface area contributed by atoms with Crippen molar-refractivity contribution in [3.8, 4) is 0 Å². The highest BCUT2D eigenvalue weighted by Crippen LogP contribution is 2.28. The molecule has 126 valence electrons. The van der Waals surface area contributed by atoms with E-state index in [1.54, 1.807) is 13.8 Å². The Hall–Kier alpha value is -2.17. The van der Waals surface area contributed by atoms with Gasteiger partial charge in [-0.25, -0.2) is 0 Å². The summed E-state index contributed by atoms with van der Waals surface area (Å²) in [6, 6.07) is 0. The van der Waals surface area contributed by atoms with Crippen molar-refractivity contribution in [2.45, 2.75) is 46.5 Å². The maximum absolute atomic E-state index is 12.5. The summed E-state index contributed by atoms with van der Waals surface area (Å²) in [6.07, 6.45) is 4.43. The Morgan fingerprint density at radius 1 is 1.00 bits per heavy atom. The zero-order valence-corrected chi connectivity index (χ0v) is 14.4. The van der Waals surface area contributed by atoms with Gasteiger partial charge in [0.2, 0.25) is 23.1 Å². The third-order valence-corrected chi connectivity index (χ3v) is 3.85. The van der Waals surface area contributed by atoms with Crippen molar-refractivity contribution in [2.24, 2.45) is 0 Å². The van der Waals surface area contributed by atoms with Crippen molar-refractivity contribution >= 4 is 17.3 Å². The number of rotatable bonds is 8. The fourth-order valence-corrected chi connectivity index (χ4v) is 2.43.